The Balaban J connectivity index is 2.44. The SMILES string of the molecule is C=N/N=C(/C)CCc1ccccc1. The van der Waals surface area contributed by atoms with Crippen LogP contribution in [-0.2, 0) is 6.42 Å². The Morgan fingerprint density at radius 1 is 1.31 bits per heavy atom. The summed E-state index contributed by atoms with van der Waals surface area (Å²) in [5, 5.41) is 7.36. The number of hydrogen-bond donors (Lipinski definition) is 0. The molecule has 1 aromatic rings. The quantitative estimate of drug-likeness (QED) is 0.495. The summed E-state index contributed by atoms with van der Waals surface area (Å²) in [6.07, 6.45) is 1.97. The Hall–Kier alpha value is -1.44. The molecule has 0 atom stereocenters. The molecule has 0 aliphatic heterocycles. The molecule has 1 aromatic carbocycles. The van der Waals surface area contributed by atoms with E-state index in [1.54, 1.807) is 0 Å². The molecule has 0 saturated carbocycles. The Bertz CT molecular complexity index is 288. The van der Waals surface area contributed by atoms with Crippen LogP contribution in [-0.4, -0.2) is 12.4 Å². The standard InChI is InChI=1S/C11H14N2/c1-10(13-12-2)8-9-11-6-4-3-5-7-11/h3-7H,2,8-9H2,1H3/b13-10-. The number of hydrogen-bond acceptors (Lipinski definition) is 2. The third-order valence-corrected chi connectivity index (χ3v) is 1.86. The first kappa shape index (κ1) is 9.65. The summed E-state index contributed by atoms with van der Waals surface area (Å²) in [6, 6.07) is 10.4. The number of aryl methyl sites for hydroxylation is 1. The molecule has 2 nitrogen and oxygen atoms in total. The molecule has 0 unspecified atom stereocenters. The monoisotopic (exact) mass is 174 g/mol. The smallest absolute Gasteiger partial charge is 0.0378 e. The Labute approximate surface area is 79.0 Å². The highest BCUT2D eigenvalue weighted by atomic mass is 15.2. The second-order valence-electron chi connectivity index (χ2n) is 2.96. The van der Waals surface area contributed by atoms with Crippen molar-refractivity contribution in [1.82, 2.24) is 0 Å². The maximum absolute atomic E-state index is 3.87. The molecule has 0 saturated heterocycles. The van der Waals surface area contributed by atoms with Gasteiger partial charge in [0.1, 0.15) is 0 Å². The molecule has 0 radical (unpaired) electrons. The lowest BCUT2D eigenvalue weighted by Crippen LogP contribution is -1.94. The van der Waals surface area contributed by atoms with Gasteiger partial charge in [0.05, 0.1) is 0 Å². The van der Waals surface area contributed by atoms with Gasteiger partial charge in [-0.3, -0.25) is 0 Å². The first-order chi connectivity index (χ1) is 6.33. The number of nitrogens with zero attached hydrogens (tertiary/aromatic N) is 2. The summed E-state index contributed by atoms with van der Waals surface area (Å²) in [6.45, 7) is 5.29. The van der Waals surface area contributed by atoms with Crippen LogP contribution in [0.25, 0.3) is 0 Å². The molecule has 0 aromatic heterocycles. The molecule has 68 valence electrons. The van der Waals surface area contributed by atoms with Crippen molar-refractivity contribution < 1.29 is 0 Å². The van der Waals surface area contributed by atoms with Crippen molar-refractivity contribution in [3.8, 4) is 0 Å². The van der Waals surface area contributed by atoms with E-state index in [1.165, 1.54) is 5.56 Å². The Kier molecular flexibility index (Phi) is 3.89. The highest BCUT2D eigenvalue weighted by Gasteiger charge is 1.93. The molecule has 0 aliphatic rings. The molecule has 13 heavy (non-hydrogen) atoms. The highest BCUT2D eigenvalue weighted by Crippen LogP contribution is 2.03. The van der Waals surface area contributed by atoms with Gasteiger partial charge in [0.25, 0.3) is 0 Å². The van der Waals surface area contributed by atoms with Crippen molar-refractivity contribution in [2.45, 2.75) is 19.8 Å². The van der Waals surface area contributed by atoms with Crippen LogP contribution >= 0.6 is 0 Å². The van der Waals surface area contributed by atoms with Gasteiger partial charge >= 0.3 is 0 Å². The lowest BCUT2D eigenvalue weighted by Gasteiger charge is -1.99. The summed E-state index contributed by atoms with van der Waals surface area (Å²) in [5.41, 5.74) is 2.36. The lowest BCUT2D eigenvalue weighted by atomic mass is 10.1. The topological polar surface area (TPSA) is 24.7 Å². The predicted octanol–water partition coefficient (Wildman–Crippen LogP) is 2.70. The third-order valence-electron chi connectivity index (χ3n) is 1.86. The summed E-state index contributed by atoms with van der Waals surface area (Å²) in [5.74, 6) is 0. The average molecular weight is 174 g/mol. The lowest BCUT2D eigenvalue weighted by molar-refractivity contribution is 1.02. The fourth-order valence-electron chi connectivity index (χ4n) is 1.14. The van der Waals surface area contributed by atoms with Gasteiger partial charge in [0.2, 0.25) is 0 Å². The summed E-state index contributed by atoms with van der Waals surface area (Å²) in [4.78, 5) is 0. The van der Waals surface area contributed by atoms with E-state index in [0.29, 0.717) is 0 Å². The van der Waals surface area contributed by atoms with Crippen molar-refractivity contribution in [3.05, 3.63) is 35.9 Å². The maximum atomic E-state index is 3.87. The van der Waals surface area contributed by atoms with Crippen LogP contribution in [0.4, 0.5) is 0 Å². The minimum absolute atomic E-state index is 0.947. The van der Waals surface area contributed by atoms with Crippen molar-refractivity contribution in [1.29, 1.82) is 0 Å². The predicted molar refractivity (Wildman–Crippen MR) is 57.4 cm³/mol. The molecule has 1 rings (SSSR count). The van der Waals surface area contributed by atoms with E-state index in [-0.39, 0.29) is 0 Å². The van der Waals surface area contributed by atoms with Crippen LogP contribution in [0, 0.1) is 0 Å². The van der Waals surface area contributed by atoms with Gasteiger partial charge in [-0.2, -0.15) is 10.2 Å². The van der Waals surface area contributed by atoms with Crippen molar-refractivity contribution in [2.75, 3.05) is 0 Å². The molecule has 0 N–H and O–H groups in total. The second kappa shape index (κ2) is 5.25. The summed E-state index contributed by atoms with van der Waals surface area (Å²) in [7, 11) is 0. The molecule has 0 heterocycles. The zero-order valence-electron chi connectivity index (χ0n) is 7.90. The first-order valence-corrected chi connectivity index (χ1v) is 4.36. The first-order valence-electron chi connectivity index (χ1n) is 4.36. The highest BCUT2D eigenvalue weighted by molar-refractivity contribution is 5.82. The molecule has 0 aliphatic carbocycles. The molecule has 0 bridgehead atoms. The van der Waals surface area contributed by atoms with Gasteiger partial charge in [0.15, 0.2) is 0 Å². The fraction of sp³-hybridized carbons (Fsp3) is 0.273. The third kappa shape index (κ3) is 3.65. The second-order valence-corrected chi connectivity index (χ2v) is 2.96. The van der Waals surface area contributed by atoms with E-state index in [1.807, 2.05) is 25.1 Å². The molecule has 0 spiro atoms. The van der Waals surface area contributed by atoms with Crippen LogP contribution in [0.15, 0.2) is 40.5 Å². The molecule has 0 fully saturated rings. The van der Waals surface area contributed by atoms with E-state index in [4.69, 9.17) is 0 Å². The van der Waals surface area contributed by atoms with Crippen molar-refractivity contribution in [3.63, 3.8) is 0 Å². The van der Waals surface area contributed by atoms with Gasteiger partial charge in [-0.15, -0.1) is 0 Å². The van der Waals surface area contributed by atoms with Crippen LogP contribution in [0.1, 0.15) is 18.9 Å². The van der Waals surface area contributed by atoms with Gasteiger partial charge < -0.3 is 0 Å². The van der Waals surface area contributed by atoms with Crippen LogP contribution in [0.2, 0.25) is 0 Å². The fourth-order valence-corrected chi connectivity index (χ4v) is 1.14. The minimum atomic E-state index is 0.947. The molecular formula is C11H14N2. The van der Waals surface area contributed by atoms with Crippen LogP contribution in [0.5, 0.6) is 0 Å². The zero-order chi connectivity index (χ0) is 9.52. The van der Waals surface area contributed by atoms with Gasteiger partial charge in [-0.05, 0) is 25.3 Å². The van der Waals surface area contributed by atoms with Gasteiger partial charge in [0, 0.05) is 12.4 Å². The van der Waals surface area contributed by atoms with E-state index in [9.17, 15) is 0 Å². The average Bonchev–Trinajstić information content (AvgIpc) is 2.17. The van der Waals surface area contributed by atoms with E-state index in [0.717, 1.165) is 18.6 Å². The Morgan fingerprint density at radius 3 is 2.62 bits per heavy atom. The van der Waals surface area contributed by atoms with Crippen molar-refractivity contribution >= 4 is 12.4 Å². The zero-order valence-corrected chi connectivity index (χ0v) is 7.90. The maximum Gasteiger partial charge on any atom is 0.0378 e. The van der Waals surface area contributed by atoms with Gasteiger partial charge in [-0.25, -0.2) is 0 Å². The van der Waals surface area contributed by atoms with Gasteiger partial charge in [-0.1, -0.05) is 30.3 Å². The minimum Gasteiger partial charge on any atom is -0.167 e. The van der Waals surface area contributed by atoms with Crippen LogP contribution < -0.4 is 0 Å². The molecular weight excluding hydrogens is 160 g/mol. The largest absolute Gasteiger partial charge is 0.167 e. The normalized spacial score (nSPS) is 11.3. The number of rotatable bonds is 4. The van der Waals surface area contributed by atoms with E-state index in [2.05, 4.69) is 29.1 Å². The molecule has 2 heteroatoms. The number of benzene rings is 1. The summed E-state index contributed by atoms with van der Waals surface area (Å²) >= 11 is 0. The van der Waals surface area contributed by atoms with E-state index < -0.39 is 0 Å². The van der Waals surface area contributed by atoms with Crippen LogP contribution in [0.3, 0.4) is 0 Å². The Morgan fingerprint density at radius 2 is 2.00 bits per heavy atom. The summed E-state index contributed by atoms with van der Waals surface area (Å²) < 4.78 is 0. The van der Waals surface area contributed by atoms with E-state index >= 15 is 0 Å². The van der Waals surface area contributed by atoms with Crippen molar-refractivity contribution in [2.24, 2.45) is 10.2 Å². The molecule has 0 amide bonds.